The smallest absolute Gasteiger partial charge is 0.217 e. The van der Waals surface area contributed by atoms with Gasteiger partial charge in [0.25, 0.3) is 0 Å². The van der Waals surface area contributed by atoms with Crippen LogP contribution in [0.5, 0.6) is 0 Å². The molecule has 0 aliphatic rings. The summed E-state index contributed by atoms with van der Waals surface area (Å²) in [6.45, 7) is 5.70. The van der Waals surface area contributed by atoms with Gasteiger partial charge in [-0.3, -0.25) is 5.41 Å². The van der Waals surface area contributed by atoms with Gasteiger partial charge in [-0.25, -0.2) is 0 Å². The van der Waals surface area contributed by atoms with Crippen LogP contribution in [0.2, 0.25) is 0 Å². The second-order valence-corrected chi connectivity index (χ2v) is 3.70. The van der Waals surface area contributed by atoms with Crippen molar-refractivity contribution in [1.29, 1.82) is 5.41 Å². The molecule has 0 aromatic heterocycles. The van der Waals surface area contributed by atoms with E-state index in [0.717, 1.165) is 5.56 Å². The van der Waals surface area contributed by atoms with Gasteiger partial charge in [-0.2, -0.15) is 0 Å². The molecule has 0 spiro atoms. The zero-order chi connectivity index (χ0) is 11.5. The average Bonchev–Trinajstić information content (AvgIpc) is 2.18. The molecule has 0 heterocycles. The Morgan fingerprint density at radius 1 is 1.53 bits per heavy atom. The lowest BCUT2D eigenvalue weighted by Crippen LogP contribution is -2.33. The van der Waals surface area contributed by atoms with E-state index in [0.29, 0.717) is 12.2 Å². The van der Waals surface area contributed by atoms with Crippen LogP contribution < -0.4 is 0 Å². The minimum atomic E-state index is -1.35. The molecule has 0 radical (unpaired) electrons. The number of ether oxygens (including phenoxy) is 1. The van der Waals surface area contributed by atoms with Gasteiger partial charge >= 0.3 is 0 Å². The molecule has 0 amide bonds. The molecule has 1 aromatic carbocycles. The van der Waals surface area contributed by atoms with Crippen molar-refractivity contribution < 1.29 is 9.84 Å². The summed E-state index contributed by atoms with van der Waals surface area (Å²) in [7, 11) is 0. The minimum absolute atomic E-state index is 0.115. The number of hydrogen-bond acceptors (Lipinski definition) is 3. The molecule has 0 bridgehead atoms. The number of benzene rings is 1. The van der Waals surface area contributed by atoms with Crippen molar-refractivity contribution in [3.05, 3.63) is 35.4 Å². The largest absolute Gasteiger partial charge is 0.479 e. The second kappa shape index (κ2) is 4.45. The van der Waals surface area contributed by atoms with Gasteiger partial charge in [0, 0.05) is 0 Å². The van der Waals surface area contributed by atoms with Gasteiger partial charge in [0.1, 0.15) is 0 Å². The van der Waals surface area contributed by atoms with Crippen LogP contribution in [0.1, 0.15) is 25.0 Å². The average molecular weight is 207 g/mol. The van der Waals surface area contributed by atoms with Crippen LogP contribution in [-0.4, -0.2) is 17.6 Å². The summed E-state index contributed by atoms with van der Waals surface area (Å²) in [6, 6.07) is 7.45. The third-order valence-electron chi connectivity index (χ3n) is 2.31. The van der Waals surface area contributed by atoms with Crippen molar-refractivity contribution in [3.8, 4) is 0 Å². The van der Waals surface area contributed by atoms with Gasteiger partial charge < -0.3 is 9.84 Å². The summed E-state index contributed by atoms with van der Waals surface area (Å²) in [4.78, 5) is 0. The van der Waals surface area contributed by atoms with Crippen molar-refractivity contribution in [1.82, 2.24) is 0 Å². The van der Waals surface area contributed by atoms with E-state index in [2.05, 4.69) is 0 Å². The molecular weight excluding hydrogens is 190 g/mol. The molecule has 15 heavy (non-hydrogen) atoms. The van der Waals surface area contributed by atoms with E-state index in [4.69, 9.17) is 10.1 Å². The Hall–Kier alpha value is -1.35. The predicted octanol–water partition coefficient (Wildman–Crippen LogP) is 2.22. The van der Waals surface area contributed by atoms with Gasteiger partial charge in [0.15, 0.2) is 5.60 Å². The van der Waals surface area contributed by atoms with Crippen LogP contribution in [0.4, 0.5) is 0 Å². The fourth-order valence-corrected chi connectivity index (χ4v) is 1.36. The van der Waals surface area contributed by atoms with Crippen molar-refractivity contribution in [2.45, 2.75) is 26.4 Å². The molecule has 2 N–H and O–H groups in total. The SMILES string of the molecule is CCOC(=N)C(C)(O)c1cccc(C)c1. The molecule has 0 saturated carbocycles. The Morgan fingerprint density at radius 2 is 2.20 bits per heavy atom. The highest BCUT2D eigenvalue weighted by atomic mass is 16.5. The third-order valence-corrected chi connectivity index (χ3v) is 2.31. The van der Waals surface area contributed by atoms with Gasteiger partial charge in [0.2, 0.25) is 5.90 Å². The number of nitrogens with one attached hydrogen (secondary N) is 1. The minimum Gasteiger partial charge on any atom is -0.479 e. The molecule has 1 atom stereocenters. The molecule has 82 valence electrons. The van der Waals surface area contributed by atoms with Gasteiger partial charge in [-0.1, -0.05) is 29.8 Å². The molecule has 1 rings (SSSR count). The monoisotopic (exact) mass is 207 g/mol. The molecule has 0 saturated heterocycles. The summed E-state index contributed by atoms with van der Waals surface area (Å²) in [5.74, 6) is -0.115. The Labute approximate surface area is 90.2 Å². The van der Waals surface area contributed by atoms with Crippen molar-refractivity contribution in [2.75, 3.05) is 6.61 Å². The molecule has 3 nitrogen and oxygen atoms in total. The Balaban J connectivity index is 2.99. The summed E-state index contributed by atoms with van der Waals surface area (Å²) in [5.41, 5.74) is 0.389. The molecule has 3 heteroatoms. The van der Waals surface area contributed by atoms with Crippen molar-refractivity contribution >= 4 is 5.90 Å². The van der Waals surface area contributed by atoms with Gasteiger partial charge in [-0.15, -0.1) is 0 Å². The first-order valence-electron chi connectivity index (χ1n) is 4.99. The fourth-order valence-electron chi connectivity index (χ4n) is 1.36. The summed E-state index contributed by atoms with van der Waals surface area (Å²) < 4.78 is 5.03. The maximum absolute atomic E-state index is 10.2. The van der Waals surface area contributed by atoms with E-state index in [-0.39, 0.29) is 5.90 Å². The fraction of sp³-hybridized carbons (Fsp3) is 0.417. The summed E-state index contributed by atoms with van der Waals surface area (Å²) >= 11 is 0. The normalized spacial score (nSPS) is 14.4. The zero-order valence-electron chi connectivity index (χ0n) is 9.37. The first-order chi connectivity index (χ1) is 6.98. The molecule has 0 fully saturated rings. The predicted molar refractivity (Wildman–Crippen MR) is 60.1 cm³/mol. The molecule has 0 aliphatic carbocycles. The highest BCUT2D eigenvalue weighted by molar-refractivity contribution is 5.83. The standard InChI is InChI=1S/C12H17NO2/c1-4-15-11(13)12(3,14)10-7-5-6-9(2)8-10/h5-8,13-14H,4H2,1-3H3. The lowest BCUT2D eigenvalue weighted by Gasteiger charge is -2.24. The Morgan fingerprint density at radius 3 is 2.73 bits per heavy atom. The number of hydrogen-bond donors (Lipinski definition) is 2. The molecular formula is C12H17NO2. The van der Waals surface area contributed by atoms with Crippen molar-refractivity contribution in [3.63, 3.8) is 0 Å². The van der Waals surface area contributed by atoms with E-state index in [9.17, 15) is 5.11 Å². The van der Waals surface area contributed by atoms with Crippen LogP contribution in [0.3, 0.4) is 0 Å². The quantitative estimate of drug-likeness (QED) is 0.589. The third kappa shape index (κ3) is 2.57. The van der Waals surface area contributed by atoms with Crippen LogP contribution in [-0.2, 0) is 10.3 Å². The second-order valence-electron chi connectivity index (χ2n) is 3.70. The highest BCUT2D eigenvalue weighted by Gasteiger charge is 2.30. The number of aliphatic hydroxyl groups is 1. The molecule has 1 aromatic rings. The topological polar surface area (TPSA) is 53.3 Å². The van der Waals surface area contributed by atoms with E-state index >= 15 is 0 Å². The van der Waals surface area contributed by atoms with Crippen LogP contribution in [0, 0.1) is 12.3 Å². The highest BCUT2D eigenvalue weighted by Crippen LogP contribution is 2.23. The van der Waals surface area contributed by atoms with E-state index < -0.39 is 5.60 Å². The van der Waals surface area contributed by atoms with E-state index in [1.54, 1.807) is 19.9 Å². The Bertz CT molecular complexity index is 358. The number of rotatable bonds is 3. The summed E-state index contributed by atoms with van der Waals surface area (Å²) in [5, 5.41) is 17.8. The molecule has 0 aliphatic heterocycles. The molecule has 1 unspecified atom stereocenters. The lowest BCUT2D eigenvalue weighted by atomic mass is 9.94. The summed E-state index contributed by atoms with van der Waals surface area (Å²) in [6.07, 6.45) is 0. The van der Waals surface area contributed by atoms with Crippen LogP contribution >= 0.6 is 0 Å². The van der Waals surface area contributed by atoms with Gasteiger partial charge in [-0.05, 0) is 26.3 Å². The van der Waals surface area contributed by atoms with E-state index in [1.807, 2.05) is 25.1 Å². The van der Waals surface area contributed by atoms with Gasteiger partial charge in [0.05, 0.1) is 6.61 Å². The maximum Gasteiger partial charge on any atom is 0.217 e. The first kappa shape index (κ1) is 11.7. The van der Waals surface area contributed by atoms with E-state index in [1.165, 1.54) is 0 Å². The number of aryl methyl sites for hydroxylation is 1. The van der Waals surface area contributed by atoms with Crippen LogP contribution in [0.25, 0.3) is 0 Å². The zero-order valence-corrected chi connectivity index (χ0v) is 9.37. The maximum atomic E-state index is 10.2. The van der Waals surface area contributed by atoms with Crippen LogP contribution in [0.15, 0.2) is 24.3 Å². The van der Waals surface area contributed by atoms with Crippen molar-refractivity contribution in [2.24, 2.45) is 0 Å². The lowest BCUT2D eigenvalue weighted by molar-refractivity contribution is 0.0948. The Kier molecular flexibility index (Phi) is 3.48. The first-order valence-corrected chi connectivity index (χ1v) is 4.99.